The summed E-state index contributed by atoms with van der Waals surface area (Å²) in [5, 5.41) is 64.3. The summed E-state index contributed by atoms with van der Waals surface area (Å²) in [7, 11) is 0. The normalized spacial score (nSPS) is 25.8. The van der Waals surface area contributed by atoms with Gasteiger partial charge in [0.15, 0.2) is 6.29 Å². The summed E-state index contributed by atoms with van der Waals surface area (Å²) in [6.07, 6.45) is 4.67. The average molecular weight is 683 g/mol. The third-order valence-electron chi connectivity index (χ3n) is 9.00. The Labute approximate surface area is 289 Å². The third-order valence-corrected chi connectivity index (χ3v) is 9.00. The summed E-state index contributed by atoms with van der Waals surface area (Å²) in [6, 6.07) is 0. The molecule has 278 valence electrons. The summed E-state index contributed by atoms with van der Waals surface area (Å²) in [4.78, 5) is 12.1. The van der Waals surface area contributed by atoms with Crippen LogP contribution in [-0.2, 0) is 19.0 Å². The first kappa shape index (κ1) is 44.1. The Morgan fingerprint density at radius 3 is 1.60 bits per heavy atom. The fourth-order valence-electron chi connectivity index (χ4n) is 5.79. The fourth-order valence-corrected chi connectivity index (χ4v) is 5.79. The topological polar surface area (TPSA) is 166 Å². The molecule has 1 aliphatic heterocycles. The van der Waals surface area contributed by atoms with Crippen LogP contribution in [0.15, 0.2) is 46.6 Å². The van der Waals surface area contributed by atoms with Crippen LogP contribution in [-0.4, -0.2) is 97.3 Å². The molecule has 1 rings (SSSR count). The molecule has 0 aromatic carbocycles. The van der Waals surface area contributed by atoms with Gasteiger partial charge in [0, 0.05) is 6.92 Å². The number of ether oxygens (including phenoxy) is 3. The SMILES string of the molecule is CC(=O)O[C@@H](CC[C@H](O[C@@H]1O[C@H](CO)[C@@H](O)[C@H](O)[C@@H]1O)[C@](C)(O)CC/C=C(\C)CCC=C(C)C)[C@@](C)(O)CC/C=C(\C)CCC=C(C)C. The molecule has 1 fully saturated rings. The zero-order valence-corrected chi connectivity index (χ0v) is 30.9. The van der Waals surface area contributed by atoms with Crippen molar-refractivity contribution in [1.82, 2.24) is 0 Å². The first-order chi connectivity index (χ1) is 22.3. The van der Waals surface area contributed by atoms with E-state index in [-0.39, 0.29) is 19.3 Å². The van der Waals surface area contributed by atoms with Gasteiger partial charge in [0.2, 0.25) is 0 Å². The number of hydrogen-bond acceptors (Lipinski definition) is 10. The molecule has 0 unspecified atom stereocenters. The van der Waals surface area contributed by atoms with Gasteiger partial charge in [-0.25, -0.2) is 0 Å². The highest BCUT2D eigenvalue weighted by Gasteiger charge is 2.47. The summed E-state index contributed by atoms with van der Waals surface area (Å²) in [5.41, 5.74) is 2.04. The Hall–Kier alpha value is -1.89. The van der Waals surface area contributed by atoms with Crippen LogP contribution in [0, 0.1) is 0 Å². The monoisotopic (exact) mass is 682 g/mol. The summed E-state index contributed by atoms with van der Waals surface area (Å²) in [5.74, 6) is -0.555. The van der Waals surface area contributed by atoms with Crippen molar-refractivity contribution >= 4 is 5.97 Å². The first-order valence-electron chi connectivity index (χ1n) is 17.5. The van der Waals surface area contributed by atoms with Gasteiger partial charge >= 0.3 is 5.97 Å². The van der Waals surface area contributed by atoms with E-state index in [9.17, 15) is 35.4 Å². The number of carbonyl (C=O) groups excluding carboxylic acids is 1. The number of allylic oxidation sites excluding steroid dienone is 8. The van der Waals surface area contributed by atoms with Crippen LogP contribution in [0.2, 0.25) is 0 Å². The second-order valence-corrected chi connectivity index (χ2v) is 14.5. The highest BCUT2D eigenvalue weighted by molar-refractivity contribution is 5.66. The van der Waals surface area contributed by atoms with Crippen molar-refractivity contribution in [2.45, 2.75) is 181 Å². The van der Waals surface area contributed by atoms with Gasteiger partial charge < -0.3 is 44.8 Å². The minimum atomic E-state index is -1.66. The molecule has 0 aromatic heterocycles. The summed E-state index contributed by atoms with van der Waals surface area (Å²) < 4.78 is 17.4. The zero-order valence-electron chi connectivity index (χ0n) is 30.9. The fraction of sp³-hybridized carbons (Fsp3) is 0.763. The van der Waals surface area contributed by atoms with Crippen LogP contribution in [0.25, 0.3) is 0 Å². The minimum Gasteiger partial charge on any atom is -0.460 e. The second-order valence-electron chi connectivity index (χ2n) is 14.5. The van der Waals surface area contributed by atoms with Crippen LogP contribution in [0.3, 0.4) is 0 Å². The number of carbonyl (C=O) groups is 1. The van der Waals surface area contributed by atoms with Crippen molar-refractivity contribution in [2.75, 3.05) is 6.61 Å². The molecular weight excluding hydrogens is 616 g/mol. The van der Waals surface area contributed by atoms with Crippen molar-refractivity contribution < 1.29 is 49.6 Å². The van der Waals surface area contributed by atoms with Gasteiger partial charge in [-0.3, -0.25) is 4.79 Å². The minimum absolute atomic E-state index is 0.0942. The highest BCUT2D eigenvalue weighted by atomic mass is 16.7. The Morgan fingerprint density at radius 1 is 0.708 bits per heavy atom. The van der Waals surface area contributed by atoms with Gasteiger partial charge in [0.1, 0.15) is 30.5 Å². The zero-order chi connectivity index (χ0) is 36.7. The van der Waals surface area contributed by atoms with E-state index in [1.807, 2.05) is 6.92 Å². The van der Waals surface area contributed by atoms with E-state index in [4.69, 9.17) is 14.2 Å². The lowest BCUT2D eigenvalue weighted by Crippen LogP contribution is -2.60. The maximum Gasteiger partial charge on any atom is 0.303 e. The van der Waals surface area contributed by atoms with Crippen LogP contribution >= 0.6 is 0 Å². The van der Waals surface area contributed by atoms with Crippen molar-refractivity contribution in [3.05, 3.63) is 46.6 Å². The standard InChI is InChI=1S/C38H66O10/c1-25(2)14-10-16-27(5)18-12-22-37(8,44)31(46-29(7)40)20-21-32(48-36-35(43)34(42)33(41)30(24-39)47-36)38(9,45)23-13-19-28(6)17-11-15-26(3)4/h14-15,18-19,30-36,39,41-45H,10-13,16-17,20-24H2,1-9H3/b27-18+,28-19+/t30-,31+,32+,33-,34+,35+,36+,37+,38-/m1/s1. The van der Waals surface area contributed by atoms with E-state index >= 15 is 0 Å². The molecule has 9 atom stereocenters. The molecule has 0 aromatic rings. The van der Waals surface area contributed by atoms with E-state index in [2.05, 4.69) is 58.9 Å². The maximum absolute atomic E-state index is 12.1. The van der Waals surface area contributed by atoms with Crippen molar-refractivity contribution in [3.63, 3.8) is 0 Å². The summed E-state index contributed by atoms with van der Waals surface area (Å²) in [6.45, 7) is 16.2. The molecule has 0 saturated carbocycles. The number of esters is 1. The van der Waals surface area contributed by atoms with E-state index in [1.54, 1.807) is 13.8 Å². The Kier molecular flexibility index (Phi) is 19.6. The van der Waals surface area contributed by atoms with Crippen molar-refractivity contribution in [2.24, 2.45) is 0 Å². The van der Waals surface area contributed by atoms with Gasteiger partial charge in [0.05, 0.1) is 23.9 Å². The molecule has 0 spiro atoms. The smallest absolute Gasteiger partial charge is 0.303 e. The molecule has 1 saturated heterocycles. The van der Waals surface area contributed by atoms with Gasteiger partial charge in [-0.1, -0.05) is 46.6 Å². The molecule has 48 heavy (non-hydrogen) atoms. The molecule has 0 radical (unpaired) electrons. The van der Waals surface area contributed by atoms with Gasteiger partial charge in [-0.05, 0) is 120 Å². The van der Waals surface area contributed by atoms with E-state index in [1.165, 1.54) is 29.2 Å². The van der Waals surface area contributed by atoms with E-state index in [0.29, 0.717) is 19.3 Å². The van der Waals surface area contributed by atoms with E-state index < -0.39 is 66.7 Å². The van der Waals surface area contributed by atoms with Gasteiger partial charge in [-0.2, -0.15) is 0 Å². The van der Waals surface area contributed by atoms with Gasteiger partial charge in [-0.15, -0.1) is 0 Å². The van der Waals surface area contributed by atoms with E-state index in [0.717, 1.165) is 25.7 Å². The first-order valence-corrected chi connectivity index (χ1v) is 17.5. The van der Waals surface area contributed by atoms with Gasteiger partial charge in [0.25, 0.3) is 0 Å². The predicted octanol–water partition coefficient (Wildman–Crippen LogP) is 5.33. The largest absolute Gasteiger partial charge is 0.460 e. The Balaban J connectivity index is 3.19. The van der Waals surface area contributed by atoms with Crippen LogP contribution < -0.4 is 0 Å². The third kappa shape index (κ3) is 16.2. The lowest BCUT2D eigenvalue weighted by molar-refractivity contribution is -0.324. The Morgan fingerprint density at radius 2 is 1.17 bits per heavy atom. The molecule has 6 N–H and O–H groups in total. The average Bonchev–Trinajstić information content (AvgIpc) is 2.97. The molecule has 10 heteroatoms. The molecule has 0 amide bonds. The number of rotatable bonds is 21. The lowest BCUT2D eigenvalue weighted by atomic mass is 9.85. The number of hydrogen-bond donors (Lipinski definition) is 6. The molecule has 0 aliphatic carbocycles. The van der Waals surface area contributed by atoms with Crippen LogP contribution in [0.1, 0.15) is 127 Å². The Bertz CT molecular complexity index is 1080. The molecule has 1 aliphatic rings. The highest BCUT2D eigenvalue weighted by Crippen LogP contribution is 2.33. The van der Waals surface area contributed by atoms with Crippen LogP contribution in [0.4, 0.5) is 0 Å². The number of aliphatic hydroxyl groups is 6. The number of aliphatic hydroxyl groups excluding tert-OH is 4. The van der Waals surface area contributed by atoms with Crippen molar-refractivity contribution in [3.8, 4) is 0 Å². The maximum atomic E-state index is 12.1. The lowest BCUT2D eigenvalue weighted by Gasteiger charge is -2.43. The van der Waals surface area contributed by atoms with Crippen molar-refractivity contribution in [1.29, 1.82) is 0 Å². The predicted molar refractivity (Wildman–Crippen MR) is 188 cm³/mol. The summed E-state index contributed by atoms with van der Waals surface area (Å²) >= 11 is 0. The molecule has 0 bridgehead atoms. The quantitative estimate of drug-likeness (QED) is 0.0688. The molecule has 10 nitrogen and oxygen atoms in total. The molecule has 1 heterocycles. The second kappa shape index (κ2) is 21.4. The van der Waals surface area contributed by atoms with Crippen LogP contribution in [0.5, 0.6) is 0 Å². The molecular formula is C38H66O10.